The molecule has 0 aliphatic carbocycles. The molecule has 0 saturated carbocycles. The van der Waals surface area contributed by atoms with Gasteiger partial charge in [-0.2, -0.15) is 12.6 Å². The van der Waals surface area contributed by atoms with Crippen molar-refractivity contribution in [2.75, 3.05) is 37.1 Å². The van der Waals surface area contributed by atoms with E-state index in [1.165, 1.54) is 36.0 Å². The van der Waals surface area contributed by atoms with Gasteiger partial charge in [-0.3, -0.25) is 14.9 Å². The number of nitrogens with zero attached hydrogens (tertiary/aromatic N) is 1. The molecule has 8 nitrogen and oxygen atoms in total. The third-order valence-electron chi connectivity index (χ3n) is 3.21. The van der Waals surface area contributed by atoms with E-state index < -0.39 is 23.7 Å². The van der Waals surface area contributed by atoms with Crippen molar-refractivity contribution in [3.63, 3.8) is 0 Å². The summed E-state index contributed by atoms with van der Waals surface area (Å²) >= 11 is 5.39. The first kappa shape index (κ1) is 21.7. The lowest BCUT2D eigenvalue weighted by atomic mass is 10.0. The van der Waals surface area contributed by atoms with Crippen molar-refractivity contribution in [3.8, 4) is 0 Å². The lowest BCUT2D eigenvalue weighted by Gasteiger charge is -2.22. The Kier molecular flexibility index (Phi) is 10.5. The maximum Gasteiger partial charge on any atom is 0.269 e. The van der Waals surface area contributed by atoms with Gasteiger partial charge in [0.25, 0.3) is 5.69 Å². The van der Waals surface area contributed by atoms with Gasteiger partial charge in [0.1, 0.15) is 6.10 Å². The van der Waals surface area contributed by atoms with E-state index in [1.807, 2.05) is 0 Å². The number of rotatable bonds is 12. The molecule has 1 amide bonds. The smallest absolute Gasteiger partial charge is 0.269 e. The number of nitro benzene ring substituents is 1. The fourth-order valence-electron chi connectivity index (χ4n) is 1.95. The molecular weight excluding hydrogens is 368 g/mol. The lowest BCUT2D eigenvalue weighted by Crippen LogP contribution is -2.42. The third kappa shape index (κ3) is 8.06. The minimum absolute atomic E-state index is 0.0999. The van der Waals surface area contributed by atoms with Crippen molar-refractivity contribution >= 4 is 36.0 Å². The summed E-state index contributed by atoms with van der Waals surface area (Å²) in [5.74, 6) is 1.15. The predicted octanol–water partition coefficient (Wildman–Crippen LogP) is 0.785. The van der Waals surface area contributed by atoms with Gasteiger partial charge in [-0.15, -0.1) is 11.8 Å². The van der Waals surface area contributed by atoms with Crippen molar-refractivity contribution < 1.29 is 24.7 Å². The normalized spacial score (nSPS) is 13.2. The van der Waals surface area contributed by atoms with Crippen molar-refractivity contribution in [3.05, 3.63) is 39.9 Å². The average Bonchev–Trinajstić information content (AvgIpc) is 2.62. The fourth-order valence-corrected chi connectivity index (χ4v) is 2.73. The Hall–Kier alpha value is -1.33. The Labute approximate surface area is 155 Å². The highest BCUT2D eigenvalue weighted by atomic mass is 32.2. The van der Waals surface area contributed by atoms with E-state index in [-0.39, 0.29) is 17.3 Å². The van der Waals surface area contributed by atoms with Gasteiger partial charge in [0.2, 0.25) is 5.91 Å². The summed E-state index contributed by atoms with van der Waals surface area (Å²) in [4.78, 5) is 22.0. The number of hydrogen-bond donors (Lipinski definition) is 4. The van der Waals surface area contributed by atoms with Gasteiger partial charge in [0.05, 0.1) is 36.5 Å². The Bertz CT molecular complexity index is 543. The molecule has 1 rings (SSSR count). The molecular formula is C15H22N2O6S2. The van der Waals surface area contributed by atoms with E-state index in [0.29, 0.717) is 30.3 Å². The maximum absolute atomic E-state index is 11.9. The number of amides is 1. The second kappa shape index (κ2) is 12.1. The van der Waals surface area contributed by atoms with Crippen LogP contribution in [-0.4, -0.2) is 64.2 Å². The van der Waals surface area contributed by atoms with Crippen LogP contribution in [0.25, 0.3) is 0 Å². The van der Waals surface area contributed by atoms with Crippen LogP contribution < -0.4 is 5.32 Å². The van der Waals surface area contributed by atoms with Crippen LogP contribution in [0, 0.1) is 10.1 Å². The van der Waals surface area contributed by atoms with Gasteiger partial charge >= 0.3 is 0 Å². The predicted molar refractivity (Wildman–Crippen MR) is 99.1 cm³/mol. The minimum Gasteiger partial charge on any atom is -0.394 e. The van der Waals surface area contributed by atoms with Gasteiger partial charge in [-0.25, -0.2) is 0 Å². The highest BCUT2D eigenvalue weighted by Crippen LogP contribution is 2.20. The van der Waals surface area contributed by atoms with Crippen LogP contribution in [0.15, 0.2) is 24.3 Å². The molecule has 0 bridgehead atoms. The molecule has 0 aliphatic heterocycles. The number of thiol groups is 1. The van der Waals surface area contributed by atoms with Crippen LogP contribution in [0.4, 0.5) is 5.69 Å². The number of nitrogens with one attached hydrogen (secondary N) is 1. The van der Waals surface area contributed by atoms with Crippen molar-refractivity contribution in [2.24, 2.45) is 0 Å². The molecule has 3 N–H and O–H groups in total. The number of hydrogen-bond acceptors (Lipinski definition) is 8. The van der Waals surface area contributed by atoms with E-state index in [4.69, 9.17) is 4.74 Å². The van der Waals surface area contributed by atoms with Crippen molar-refractivity contribution in [1.29, 1.82) is 0 Å². The summed E-state index contributed by atoms with van der Waals surface area (Å²) < 4.78 is 5.23. The molecule has 0 spiro atoms. The van der Waals surface area contributed by atoms with E-state index in [9.17, 15) is 25.1 Å². The summed E-state index contributed by atoms with van der Waals surface area (Å²) in [6.45, 7) is 0.622. The summed E-state index contributed by atoms with van der Waals surface area (Å²) in [6.07, 6.45) is -1.17. The molecule has 10 heteroatoms. The van der Waals surface area contributed by atoms with Gasteiger partial charge in [0, 0.05) is 23.6 Å². The van der Waals surface area contributed by atoms with Crippen molar-refractivity contribution in [1.82, 2.24) is 5.32 Å². The van der Waals surface area contributed by atoms with Gasteiger partial charge in [-0.05, 0) is 17.7 Å². The number of ether oxygens (including phenoxy) is 1. The number of thioether (sulfide) groups is 1. The zero-order valence-electron chi connectivity index (χ0n) is 13.5. The molecule has 2 atom stereocenters. The van der Waals surface area contributed by atoms with Gasteiger partial charge in [-0.1, -0.05) is 0 Å². The molecule has 1 aromatic carbocycles. The largest absolute Gasteiger partial charge is 0.394 e. The minimum atomic E-state index is -1.17. The first-order valence-electron chi connectivity index (χ1n) is 7.58. The summed E-state index contributed by atoms with van der Waals surface area (Å²) in [6, 6.07) is 4.41. The fraction of sp³-hybridized carbons (Fsp3) is 0.533. The lowest BCUT2D eigenvalue weighted by molar-refractivity contribution is -0.384. The molecule has 0 aliphatic rings. The van der Waals surface area contributed by atoms with E-state index in [0.717, 1.165) is 0 Å². The Balaban J connectivity index is 2.45. The van der Waals surface area contributed by atoms with E-state index >= 15 is 0 Å². The monoisotopic (exact) mass is 390 g/mol. The first-order chi connectivity index (χ1) is 12.0. The van der Waals surface area contributed by atoms with Crippen LogP contribution in [0.1, 0.15) is 11.7 Å². The van der Waals surface area contributed by atoms with Crippen molar-refractivity contribution in [2.45, 2.75) is 12.1 Å². The highest BCUT2D eigenvalue weighted by Gasteiger charge is 2.22. The molecule has 0 aromatic heterocycles. The zero-order chi connectivity index (χ0) is 18.7. The van der Waals surface area contributed by atoms with Crippen LogP contribution in [-0.2, 0) is 9.53 Å². The zero-order valence-corrected chi connectivity index (χ0v) is 15.2. The number of nitro groups is 1. The highest BCUT2D eigenvalue weighted by molar-refractivity contribution is 7.99. The average molecular weight is 390 g/mol. The molecule has 0 radical (unpaired) electrons. The second-order valence-electron chi connectivity index (χ2n) is 5.04. The Morgan fingerprint density at radius 3 is 2.60 bits per heavy atom. The SMILES string of the molecule is O=C(CSCCOCCS)N[C@H](CO)[C@H](O)c1ccc([N+](=O)[O-])cc1. The maximum atomic E-state index is 11.9. The van der Waals surface area contributed by atoms with Gasteiger partial charge in [0.15, 0.2) is 0 Å². The number of benzene rings is 1. The molecule has 1 aromatic rings. The van der Waals surface area contributed by atoms with E-state index in [1.54, 1.807) is 0 Å². The standard InChI is InChI=1S/C15H22N2O6S2/c18-9-13(16-14(19)10-25-8-6-23-5-7-24)15(20)11-1-3-12(4-2-11)17(21)22/h1-4,13,15,18,20,24H,5-10H2,(H,16,19)/t13-,15-/m1/s1. The molecule has 0 saturated heterocycles. The molecule has 140 valence electrons. The summed E-state index contributed by atoms with van der Waals surface area (Å²) in [7, 11) is 0. The van der Waals surface area contributed by atoms with E-state index in [2.05, 4.69) is 17.9 Å². The summed E-state index contributed by atoms with van der Waals surface area (Å²) in [5, 5.41) is 32.8. The molecule has 25 heavy (non-hydrogen) atoms. The van der Waals surface area contributed by atoms with Crippen LogP contribution in [0.3, 0.4) is 0 Å². The summed E-state index contributed by atoms with van der Waals surface area (Å²) in [5.41, 5.74) is 0.273. The number of aliphatic hydroxyl groups excluding tert-OH is 2. The third-order valence-corrected chi connectivity index (χ3v) is 4.31. The molecule has 0 fully saturated rings. The topological polar surface area (TPSA) is 122 Å². The number of carbonyl (C=O) groups excluding carboxylic acids is 1. The molecule has 0 unspecified atom stereocenters. The van der Waals surface area contributed by atoms with Crippen LogP contribution in [0.5, 0.6) is 0 Å². The Morgan fingerprint density at radius 1 is 1.36 bits per heavy atom. The quantitative estimate of drug-likeness (QED) is 0.180. The van der Waals surface area contributed by atoms with Gasteiger partial charge < -0.3 is 20.3 Å². The number of non-ortho nitro benzene ring substituents is 1. The first-order valence-corrected chi connectivity index (χ1v) is 9.37. The van der Waals surface area contributed by atoms with Crippen LogP contribution >= 0.6 is 24.4 Å². The second-order valence-corrected chi connectivity index (χ2v) is 6.59. The number of aliphatic hydroxyl groups is 2. The number of carbonyl (C=O) groups is 1. The van der Waals surface area contributed by atoms with Crippen LogP contribution in [0.2, 0.25) is 0 Å². The molecule has 0 heterocycles. The Morgan fingerprint density at radius 2 is 2.04 bits per heavy atom.